The highest BCUT2D eigenvalue weighted by Gasteiger charge is 2.06. The predicted octanol–water partition coefficient (Wildman–Crippen LogP) is 4.13. The number of carbonyl (C=O) groups is 1. The first kappa shape index (κ1) is 15.5. The van der Waals surface area contributed by atoms with Gasteiger partial charge >= 0.3 is 0 Å². The van der Waals surface area contributed by atoms with Gasteiger partial charge in [0.1, 0.15) is 0 Å². The number of anilines is 2. The summed E-state index contributed by atoms with van der Waals surface area (Å²) in [4.78, 5) is 11.9. The molecule has 0 atom stereocenters. The van der Waals surface area contributed by atoms with Crippen molar-refractivity contribution >= 4 is 49.1 Å². The van der Waals surface area contributed by atoms with Crippen molar-refractivity contribution in [1.29, 1.82) is 5.26 Å². The van der Waals surface area contributed by atoms with Gasteiger partial charge in [0.15, 0.2) is 0 Å². The molecule has 0 fully saturated rings. The molecule has 0 bridgehead atoms. The molecule has 0 radical (unpaired) electrons. The molecule has 21 heavy (non-hydrogen) atoms. The molecule has 2 N–H and O–H groups in total. The Labute approximate surface area is 139 Å². The Morgan fingerprint density at radius 2 is 1.86 bits per heavy atom. The number of hydrogen-bond acceptors (Lipinski definition) is 3. The number of nitrogens with one attached hydrogen (secondary N) is 2. The molecule has 0 spiro atoms. The van der Waals surface area contributed by atoms with E-state index >= 15 is 0 Å². The van der Waals surface area contributed by atoms with Gasteiger partial charge in [0.2, 0.25) is 5.91 Å². The summed E-state index contributed by atoms with van der Waals surface area (Å²) in [7, 11) is 0. The summed E-state index contributed by atoms with van der Waals surface area (Å²) >= 11 is 6.74. The Morgan fingerprint density at radius 1 is 1.10 bits per heavy atom. The Hall–Kier alpha value is -1.84. The molecule has 6 heteroatoms. The zero-order chi connectivity index (χ0) is 15.2. The van der Waals surface area contributed by atoms with E-state index in [0.717, 1.165) is 20.3 Å². The molecule has 4 nitrogen and oxygen atoms in total. The Balaban J connectivity index is 1.96. The van der Waals surface area contributed by atoms with Crippen molar-refractivity contribution in [3.05, 3.63) is 57.0 Å². The first-order chi connectivity index (χ1) is 10.1. The summed E-state index contributed by atoms with van der Waals surface area (Å²) in [6.07, 6.45) is 0. The maximum absolute atomic E-state index is 11.9. The van der Waals surface area contributed by atoms with Gasteiger partial charge in [-0.25, -0.2) is 0 Å². The molecule has 0 aliphatic heterocycles. The van der Waals surface area contributed by atoms with Crippen molar-refractivity contribution in [3.8, 4) is 6.07 Å². The molecule has 0 aromatic heterocycles. The maximum Gasteiger partial charge on any atom is 0.243 e. The highest BCUT2D eigenvalue weighted by atomic mass is 79.9. The number of nitriles is 1. The van der Waals surface area contributed by atoms with Gasteiger partial charge in [-0.05, 0) is 62.2 Å². The molecular formula is C15H11Br2N3O. The van der Waals surface area contributed by atoms with E-state index in [9.17, 15) is 4.79 Å². The number of amides is 1. The largest absolute Gasteiger partial charge is 0.375 e. The van der Waals surface area contributed by atoms with Crippen molar-refractivity contribution in [2.45, 2.75) is 0 Å². The fourth-order valence-corrected chi connectivity index (χ4v) is 2.56. The minimum atomic E-state index is -0.154. The van der Waals surface area contributed by atoms with Gasteiger partial charge in [0.05, 0.1) is 23.9 Å². The quantitative estimate of drug-likeness (QED) is 0.799. The molecule has 2 rings (SSSR count). The Kier molecular flexibility index (Phi) is 5.37. The van der Waals surface area contributed by atoms with Gasteiger partial charge in [-0.15, -0.1) is 0 Å². The van der Waals surface area contributed by atoms with E-state index in [1.54, 1.807) is 18.2 Å². The molecule has 0 unspecified atom stereocenters. The lowest BCUT2D eigenvalue weighted by molar-refractivity contribution is -0.114. The highest BCUT2D eigenvalue weighted by molar-refractivity contribution is 9.11. The molecule has 0 saturated heterocycles. The van der Waals surface area contributed by atoms with Crippen molar-refractivity contribution in [2.75, 3.05) is 17.2 Å². The van der Waals surface area contributed by atoms with E-state index in [1.807, 2.05) is 24.3 Å². The van der Waals surface area contributed by atoms with Crippen LogP contribution in [0.3, 0.4) is 0 Å². The zero-order valence-corrected chi connectivity index (χ0v) is 14.0. The summed E-state index contributed by atoms with van der Waals surface area (Å²) in [6, 6.07) is 14.6. The van der Waals surface area contributed by atoms with Crippen LogP contribution in [0.2, 0.25) is 0 Å². The lowest BCUT2D eigenvalue weighted by atomic mass is 10.2. The smallest absolute Gasteiger partial charge is 0.243 e. The van der Waals surface area contributed by atoms with Crippen LogP contribution in [0.25, 0.3) is 0 Å². The maximum atomic E-state index is 11.9. The Morgan fingerprint density at radius 3 is 2.52 bits per heavy atom. The first-order valence-corrected chi connectivity index (χ1v) is 7.66. The number of benzene rings is 2. The number of rotatable bonds is 4. The van der Waals surface area contributed by atoms with Crippen LogP contribution in [0.5, 0.6) is 0 Å². The summed E-state index contributed by atoms with van der Waals surface area (Å²) < 4.78 is 1.58. The number of hydrogen-bond donors (Lipinski definition) is 2. The summed E-state index contributed by atoms with van der Waals surface area (Å²) in [5.74, 6) is -0.154. The molecule has 0 aliphatic rings. The molecule has 0 saturated carbocycles. The minimum Gasteiger partial charge on any atom is -0.375 e. The monoisotopic (exact) mass is 407 g/mol. The van der Waals surface area contributed by atoms with Crippen molar-refractivity contribution in [1.82, 2.24) is 0 Å². The molecule has 2 aromatic carbocycles. The number of carbonyl (C=O) groups excluding carboxylic acids is 1. The first-order valence-electron chi connectivity index (χ1n) is 6.08. The molecule has 0 heterocycles. The van der Waals surface area contributed by atoms with Gasteiger partial charge in [-0.2, -0.15) is 5.26 Å². The normalized spacial score (nSPS) is 9.76. The lowest BCUT2D eigenvalue weighted by Crippen LogP contribution is -2.22. The van der Waals surface area contributed by atoms with Gasteiger partial charge in [0.25, 0.3) is 0 Å². The average molecular weight is 409 g/mol. The second kappa shape index (κ2) is 7.25. The topological polar surface area (TPSA) is 64.9 Å². The second-order valence-corrected chi connectivity index (χ2v) is 5.90. The van der Waals surface area contributed by atoms with E-state index in [0.29, 0.717) is 5.56 Å². The van der Waals surface area contributed by atoms with Crippen LogP contribution < -0.4 is 10.6 Å². The average Bonchev–Trinajstić information content (AvgIpc) is 2.48. The number of para-hydroxylation sites is 1. The van der Waals surface area contributed by atoms with Crippen LogP contribution in [-0.4, -0.2) is 12.5 Å². The highest BCUT2D eigenvalue weighted by Crippen LogP contribution is 2.24. The van der Waals surface area contributed by atoms with Crippen LogP contribution in [0.15, 0.2) is 51.4 Å². The standard InChI is InChI=1S/C15H11Br2N3O/c16-11-3-1-2-4-14(11)20-15(21)9-19-13-6-5-10(8-18)7-12(13)17/h1-7,19H,9H2,(H,20,21). The Bertz CT molecular complexity index is 710. The molecule has 0 aliphatic carbocycles. The van der Waals surface area contributed by atoms with Crippen molar-refractivity contribution in [2.24, 2.45) is 0 Å². The van der Waals surface area contributed by atoms with E-state index in [4.69, 9.17) is 5.26 Å². The van der Waals surface area contributed by atoms with Crippen LogP contribution in [-0.2, 0) is 4.79 Å². The van der Waals surface area contributed by atoms with Crippen LogP contribution in [0, 0.1) is 11.3 Å². The third-order valence-corrected chi connectivity index (χ3v) is 4.03. The number of halogens is 2. The third kappa shape index (κ3) is 4.31. The summed E-state index contributed by atoms with van der Waals surface area (Å²) in [6.45, 7) is 0.131. The summed E-state index contributed by atoms with van der Waals surface area (Å²) in [5.41, 5.74) is 2.05. The molecule has 1 amide bonds. The molecular weight excluding hydrogens is 398 g/mol. The summed E-state index contributed by atoms with van der Waals surface area (Å²) in [5, 5.41) is 14.6. The van der Waals surface area contributed by atoms with E-state index in [2.05, 4.69) is 48.6 Å². The van der Waals surface area contributed by atoms with Crippen LogP contribution in [0.4, 0.5) is 11.4 Å². The van der Waals surface area contributed by atoms with Crippen LogP contribution in [0.1, 0.15) is 5.56 Å². The third-order valence-electron chi connectivity index (χ3n) is 2.69. The van der Waals surface area contributed by atoms with E-state index in [1.165, 1.54) is 0 Å². The fourth-order valence-electron chi connectivity index (χ4n) is 1.66. The SMILES string of the molecule is N#Cc1ccc(NCC(=O)Nc2ccccc2Br)c(Br)c1. The van der Waals surface area contributed by atoms with Crippen LogP contribution >= 0.6 is 31.9 Å². The van der Waals surface area contributed by atoms with E-state index in [-0.39, 0.29) is 12.5 Å². The number of nitrogens with zero attached hydrogens (tertiary/aromatic N) is 1. The molecule has 106 valence electrons. The molecule has 2 aromatic rings. The van der Waals surface area contributed by atoms with Gasteiger partial charge in [0, 0.05) is 14.6 Å². The van der Waals surface area contributed by atoms with Crippen molar-refractivity contribution < 1.29 is 4.79 Å². The van der Waals surface area contributed by atoms with Gasteiger partial charge in [-0.1, -0.05) is 12.1 Å². The fraction of sp³-hybridized carbons (Fsp3) is 0.0667. The predicted molar refractivity (Wildman–Crippen MR) is 90.1 cm³/mol. The van der Waals surface area contributed by atoms with E-state index < -0.39 is 0 Å². The zero-order valence-electron chi connectivity index (χ0n) is 10.9. The lowest BCUT2D eigenvalue weighted by Gasteiger charge is -2.10. The van der Waals surface area contributed by atoms with Crippen molar-refractivity contribution in [3.63, 3.8) is 0 Å². The second-order valence-electron chi connectivity index (χ2n) is 4.19. The van der Waals surface area contributed by atoms with Gasteiger partial charge < -0.3 is 10.6 Å². The minimum absolute atomic E-state index is 0.131. The van der Waals surface area contributed by atoms with Gasteiger partial charge in [-0.3, -0.25) is 4.79 Å².